The summed E-state index contributed by atoms with van der Waals surface area (Å²) in [5, 5.41) is 2.11. The summed E-state index contributed by atoms with van der Waals surface area (Å²) < 4.78 is 12.1. The Labute approximate surface area is 196 Å². The predicted octanol–water partition coefficient (Wildman–Crippen LogP) is 5.26. The minimum Gasteiger partial charge on any atom is -0.492 e. The zero-order chi connectivity index (χ0) is 23.1. The molecule has 7 heteroatoms. The largest absolute Gasteiger partial charge is 0.492 e. The first-order valence-corrected chi connectivity index (χ1v) is 11.3. The van der Waals surface area contributed by atoms with E-state index in [0.29, 0.717) is 34.1 Å². The summed E-state index contributed by atoms with van der Waals surface area (Å²) in [5.41, 5.74) is 5.21. The summed E-state index contributed by atoms with van der Waals surface area (Å²) in [4.78, 5) is 24.8. The number of benzene rings is 3. The van der Waals surface area contributed by atoms with Crippen LogP contribution < -0.4 is 20.3 Å². The number of nitrogens with one attached hydrogen (secondary N) is 2. The van der Waals surface area contributed by atoms with Crippen molar-refractivity contribution in [3.63, 3.8) is 0 Å². The Hall–Kier alpha value is -3.06. The maximum Gasteiger partial charge on any atom is 0.279 e. The number of fused-ring (bicyclic) bond motifs is 1. The van der Waals surface area contributed by atoms with Crippen LogP contribution >= 0.6 is 15.9 Å². The van der Waals surface area contributed by atoms with Crippen molar-refractivity contribution in [2.24, 2.45) is 5.92 Å². The van der Waals surface area contributed by atoms with Crippen LogP contribution in [0.25, 0.3) is 10.8 Å². The van der Waals surface area contributed by atoms with Crippen molar-refractivity contribution in [2.75, 3.05) is 6.61 Å². The summed E-state index contributed by atoms with van der Waals surface area (Å²) >= 11 is 3.43. The van der Waals surface area contributed by atoms with E-state index in [-0.39, 0.29) is 0 Å². The van der Waals surface area contributed by atoms with Crippen molar-refractivity contribution in [2.45, 2.75) is 33.3 Å². The quantitative estimate of drug-likeness (QED) is 0.415. The lowest BCUT2D eigenvalue weighted by Crippen LogP contribution is -2.47. The number of carbonyl (C=O) groups excluding carboxylic acids is 2. The second kappa shape index (κ2) is 11.0. The number of hydrazine groups is 1. The van der Waals surface area contributed by atoms with E-state index in [1.54, 1.807) is 25.1 Å². The highest BCUT2D eigenvalue weighted by molar-refractivity contribution is 9.10. The van der Waals surface area contributed by atoms with Crippen LogP contribution in [-0.2, 0) is 4.79 Å². The molecule has 0 bridgehead atoms. The SMILES string of the molecule is CC(C)CCOc1ccc(C(=O)NNC(=O)C(C)Oc2ccc3ccccc3c2)cc1Br. The molecule has 3 aromatic carbocycles. The molecule has 1 atom stereocenters. The summed E-state index contributed by atoms with van der Waals surface area (Å²) in [6.07, 6.45) is 0.153. The summed E-state index contributed by atoms with van der Waals surface area (Å²) in [5.74, 6) is 0.901. The topological polar surface area (TPSA) is 76.7 Å². The average Bonchev–Trinajstić information content (AvgIpc) is 2.77. The van der Waals surface area contributed by atoms with Crippen LogP contribution in [0, 0.1) is 5.92 Å². The number of ether oxygens (including phenoxy) is 2. The minimum atomic E-state index is -0.792. The smallest absolute Gasteiger partial charge is 0.279 e. The minimum absolute atomic E-state index is 0.386. The van der Waals surface area contributed by atoms with Gasteiger partial charge in [0.1, 0.15) is 11.5 Å². The van der Waals surface area contributed by atoms with Crippen molar-refractivity contribution in [1.82, 2.24) is 10.9 Å². The van der Waals surface area contributed by atoms with Gasteiger partial charge in [0.2, 0.25) is 0 Å². The van der Waals surface area contributed by atoms with Crippen molar-refractivity contribution < 1.29 is 19.1 Å². The fourth-order valence-electron chi connectivity index (χ4n) is 2.95. The zero-order valence-electron chi connectivity index (χ0n) is 18.4. The number of rotatable bonds is 8. The van der Waals surface area contributed by atoms with Crippen LogP contribution in [0.15, 0.2) is 65.1 Å². The lowest BCUT2D eigenvalue weighted by atomic mass is 10.1. The van der Waals surface area contributed by atoms with Gasteiger partial charge in [0, 0.05) is 5.56 Å². The maximum absolute atomic E-state index is 12.4. The van der Waals surface area contributed by atoms with E-state index in [9.17, 15) is 9.59 Å². The van der Waals surface area contributed by atoms with E-state index in [1.807, 2.05) is 42.5 Å². The van der Waals surface area contributed by atoms with Gasteiger partial charge in [0.15, 0.2) is 6.10 Å². The molecule has 0 aliphatic carbocycles. The molecule has 0 spiro atoms. The first-order valence-electron chi connectivity index (χ1n) is 10.5. The first-order chi connectivity index (χ1) is 15.3. The van der Waals surface area contributed by atoms with E-state index in [2.05, 4.69) is 40.6 Å². The highest BCUT2D eigenvalue weighted by Gasteiger charge is 2.17. The van der Waals surface area contributed by atoms with Gasteiger partial charge in [0.05, 0.1) is 11.1 Å². The molecule has 168 valence electrons. The van der Waals surface area contributed by atoms with Crippen LogP contribution in [0.3, 0.4) is 0 Å². The van der Waals surface area contributed by atoms with Gasteiger partial charge in [-0.2, -0.15) is 0 Å². The molecule has 3 rings (SSSR count). The fourth-order valence-corrected chi connectivity index (χ4v) is 3.45. The van der Waals surface area contributed by atoms with Gasteiger partial charge in [-0.1, -0.05) is 44.2 Å². The molecule has 0 heterocycles. The van der Waals surface area contributed by atoms with E-state index in [4.69, 9.17) is 9.47 Å². The summed E-state index contributed by atoms with van der Waals surface area (Å²) in [6.45, 7) is 6.49. The highest BCUT2D eigenvalue weighted by Crippen LogP contribution is 2.26. The van der Waals surface area contributed by atoms with Crippen molar-refractivity contribution >= 4 is 38.5 Å². The molecule has 0 radical (unpaired) electrons. The fraction of sp³-hybridized carbons (Fsp3) is 0.280. The van der Waals surface area contributed by atoms with Crippen molar-refractivity contribution in [3.8, 4) is 11.5 Å². The van der Waals surface area contributed by atoms with Gasteiger partial charge in [-0.05, 0) is 76.3 Å². The second-order valence-electron chi connectivity index (χ2n) is 7.89. The lowest BCUT2D eigenvalue weighted by molar-refractivity contribution is -0.128. The molecule has 3 aromatic rings. The van der Waals surface area contributed by atoms with Crippen LogP contribution in [0.5, 0.6) is 11.5 Å². The Morgan fingerprint density at radius 3 is 2.41 bits per heavy atom. The zero-order valence-corrected chi connectivity index (χ0v) is 19.9. The second-order valence-corrected chi connectivity index (χ2v) is 8.74. The molecule has 0 aliphatic rings. The van der Waals surface area contributed by atoms with Gasteiger partial charge in [-0.15, -0.1) is 0 Å². The summed E-state index contributed by atoms with van der Waals surface area (Å²) in [7, 11) is 0. The molecule has 0 saturated carbocycles. The Morgan fingerprint density at radius 1 is 0.938 bits per heavy atom. The molecule has 0 aromatic heterocycles. The molecule has 6 nitrogen and oxygen atoms in total. The van der Waals surface area contributed by atoms with Crippen LogP contribution in [0.2, 0.25) is 0 Å². The molecule has 1 unspecified atom stereocenters. The Bertz CT molecular complexity index is 1100. The predicted molar refractivity (Wildman–Crippen MR) is 129 cm³/mol. The number of amides is 2. The van der Waals surface area contributed by atoms with Gasteiger partial charge in [-0.3, -0.25) is 20.4 Å². The monoisotopic (exact) mass is 498 g/mol. The van der Waals surface area contributed by atoms with Crippen molar-refractivity contribution in [3.05, 3.63) is 70.7 Å². The van der Waals surface area contributed by atoms with Gasteiger partial charge in [0.25, 0.3) is 11.8 Å². The molecule has 2 N–H and O–H groups in total. The third-order valence-corrected chi connectivity index (χ3v) is 5.47. The van der Waals surface area contributed by atoms with Crippen LogP contribution in [0.4, 0.5) is 0 Å². The normalized spacial score (nSPS) is 11.8. The lowest BCUT2D eigenvalue weighted by Gasteiger charge is -2.16. The maximum atomic E-state index is 12.4. The molecule has 0 aliphatic heterocycles. The average molecular weight is 499 g/mol. The molecule has 0 saturated heterocycles. The molecular weight excluding hydrogens is 472 g/mol. The molecule has 32 heavy (non-hydrogen) atoms. The molecule has 2 amide bonds. The standard InChI is InChI=1S/C25H27BrN2O4/c1-16(2)12-13-31-23-11-9-20(15-22(23)26)25(30)28-27-24(29)17(3)32-21-10-8-18-6-4-5-7-19(18)14-21/h4-11,14-17H,12-13H2,1-3H3,(H,27,29)(H,28,30). The first kappa shape index (κ1) is 23.6. The highest BCUT2D eigenvalue weighted by atomic mass is 79.9. The molecular formula is C25H27BrN2O4. The Balaban J connectivity index is 1.52. The third-order valence-electron chi connectivity index (χ3n) is 4.85. The van der Waals surface area contributed by atoms with Crippen LogP contribution in [0.1, 0.15) is 37.6 Å². The number of halogens is 1. The van der Waals surface area contributed by atoms with Gasteiger partial charge in [-0.25, -0.2) is 0 Å². The van der Waals surface area contributed by atoms with E-state index in [0.717, 1.165) is 17.2 Å². The molecule has 0 fully saturated rings. The van der Waals surface area contributed by atoms with E-state index in [1.165, 1.54) is 0 Å². The third kappa shape index (κ3) is 6.47. The van der Waals surface area contributed by atoms with Gasteiger partial charge >= 0.3 is 0 Å². The summed E-state index contributed by atoms with van der Waals surface area (Å²) in [6, 6.07) is 18.5. The van der Waals surface area contributed by atoms with Crippen molar-refractivity contribution in [1.29, 1.82) is 0 Å². The Morgan fingerprint density at radius 2 is 1.69 bits per heavy atom. The van der Waals surface area contributed by atoms with Gasteiger partial charge < -0.3 is 9.47 Å². The number of hydrogen-bond donors (Lipinski definition) is 2. The van der Waals surface area contributed by atoms with Crippen LogP contribution in [-0.4, -0.2) is 24.5 Å². The number of carbonyl (C=O) groups is 2. The van der Waals surface area contributed by atoms with E-state index >= 15 is 0 Å². The van der Waals surface area contributed by atoms with E-state index < -0.39 is 17.9 Å². The number of hydrogen-bond acceptors (Lipinski definition) is 4. The Kier molecular flexibility index (Phi) is 8.11.